The van der Waals surface area contributed by atoms with Gasteiger partial charge in [0, 0.05) is 10.3 Å². The Morgan fingerprint density at radius 1 is 1.46 bits per heavy atom. The molecule has 1 aromatic heterocycles. The maximum absolute atomic E-state index is 13.0. The summed E-state index contributed by atoms with van der Waals surface area (Å²) in [4.78, 5) is 1.00. The van der Waals surface area contributed by atoms with Gasteiger partial charge in [-0.15, -0.1) is 23.1 Å². The first kappa shape index (κ1) is 8.84. The van der Waals surface area contributed by atoms with E-state index in [1.54, 1.807) is 17.8 Å². The minimum atomic E-state index is -0.503. The number of rotatable bonds is 1. The highest BCUT2D eigenvalue weighted by Crippen LogP contribution is 2.39. The molecule has 0 bridgehead atoms. The summed E-state index contributed by atoms with van der Waals surface area (Å²) in [7, 11) is 0. The number of thiophene rings is 1. The standard InChI is InChI=1S/C9H7FOS2/c1-12-6-4-2-3-5-7(11)9(10)13-8(5)6/h2-4,11H,1H3. The van der Waals surface area contributed by atoms with Crippen molar-refractivity contribution in [1.29, 1.82) is 0 Å². The van der Waals surface area contributed by atoms with Gasteiger partial charge in [-0.1, -0.05) is 6.07 Å². The van der Waals surface area contributed by atoms with E-state index in [1.807, 2.05) is 18.4 Å². The Kier molecular flexibility index (Phi) is 2.17. The molecule has 1 heterocycles. The molecule has 0 atom stereocenters. The van der Waals surface area contributed by atoms with Gasteiger partial charge in [0.15, 0.2) is 5.75 Å². The Labute approximate surface area is 83.2 Å². The van der Waals surface area contributed by atoms with E-state index in [0.717, 1.165) is 20.9 Å². The molecular formula is C9H7FOS2. The molecule has 0 unspecified atom stereocenters. The van der Waals surface area contributed by atoms with Gasteiger partial charge in [-0.2, -0.15) is 4.39 Å². The van der Waals surface area contributed by atoms with Crippen LogP contribution in [-0.4, -0.2) is 11.4 Å². The van der Waals surface area contributed by atoms with Gasteiger partial charge in [-0.3, -0.25) is 0 Å². The lowest BCUT2D eigenvalue weighted by Gasteiger charge is -1.96. The fourth-order valence-corrected chi connectivity index (χ4v) is 2.93. The minimum Gasteiger partial charge on any atom is -0.504 e. The van der Waals surface area contributed by atoms with Crippen LogP contribution in [0.4, 0.5) is 4.39 Å². The van der Waals surface area contributed by atoms with Crippen LogP contribution in [0.5, 0.6) is 5.75 Å². The fraction of sp³-hybridized carbons (Fsp3) is 0.111. The molecule has 0 aliphatic rings. The van der Waals surface area contributed by atoms with E-state index in [2.05, 4.69) is 0 Å². The van der Waals surface area contributed by atoms with Crippen LogP contribution in [0.2, 0.25) is 0 Å². The first-order chi connectivity index (χ1) is 6.24. The fourth-order valence-electron chi connectivity index (χ4n) is 1.21. The molecule has 2 aromatic rings. The molecule has 0 radical (unpaired) electrons. The summed E-state index contributed by atoms with van der Waals surface area (Å²) < 4.78 is 13.8. The molecular weight excluding hydrogens is 207 g/mol. The van der Waals surface area contributed by atoms with Crippen LogP contribution in [0.15, 0.2) is 23.1 Å². The Balaban J connectivity index is 2.84. The largest absolute Gasteiger partial charge is 0.504 e. The van der Waals surface area contributed by atoms with Crippen molar-refractivity contribution in [2.45, 2.75) is 4.90 Å². The Hall–Kier alpha value is -0.740. The van der Waals surface area contributed by atoms with Gasteiger partial charge in [-0.25, -0.2) is 0 Å². The van der Waals surface area contributed by atoms with E-state index in [1.165, 1.54) is 0 Å². The highest BCUT2D eigenvalue weighted by molar-refractivity contribution is 7.99. The van der Waals surface area contributed by atoms with Crippen molar-refractivity contribution in [2.24, 2.45) is 0 Å². The zero-order valence-electron chi connectivity index (χ0n) is 6.87. The van der Waals surface area contributed by atoms with E-state index in [9.17, 15) is 9.50 Å². The summed E-state index contributed by atoms with van der Waals surface area (Å²) >= 11 is 2.55. The molecule has 0 fully saturated rings. The van der Waals surface area contributed by atoms with Crippen LogP contribution in [0.3, 0.4) is 0 Å². The number of hydrogen-bond acceptors (Lipinski definition) is 3. The van der Waals surface area contributed by atoms with Crippen molar-refractivity contribution in [2.75, 3.05) is 6.26 Å². The molecule has 0 saturated heterocycles. The van der Waals surface area contributed by atoms with Crippen molar-refractivity contribution < 1.29 is 9.50 Å². The van der Waals surface area contributed by atoms with Crippen molar-refractivity contribution in [3.63, 3.8) is 0 Å². The summed E-state index contributed by atoms with van der Waals surface area (Å²) in [5.41, 5.74) is 0. The third-order valence-electron chi connectivity index (χ3n) is 1.83. The molecule has 0 saturated carbocycles. The molecule has 2 rings (SSSR count). The van der Waals surface area contributed by atoms with Gasteiger partial charge in [0.2, 0.25) is 5.13 Å². The number of thioether (sulfide) groups is 1. The van der Waals surface area contributed by atoms with Crippen molar-refractivity contribution in [3.8, 4) is 5.75 Å². The minimum absolute atomic E-state index is 0.226. The third kappa shape index (κ3) is 1.30. The Morgan fingerprint density at radius 2 is 2.23 bits per heavy atom. The lowest BCUT2D eigenvalue weighted by molar-refractivity contribution is 0.448. The third-order valence-corrected chi connectivity index (χ3v) is 3.76. The first-order valence-electron chi connectivity index (χ1n) is 3.68. The van der Waals surface area contributed by atoms with E-state index in [0.29, 0.717) is 5.39 Å². The summed E-state index contributed by atoms with van der Waals surface area (Å²) in [6, 6.07) is 5.46. The molecule has 1 nitrogen and oxygen atoms in total. The second-order valence-electron chi connectivity index (χ2n) is 2.56. The van der Waals surface area contributed by atoms with Gasteiger partial charge >= 0.3 is 0 Å². The Bertz CT molecular complexity index is 450. The SMILES string of the molecule is CSc1cccc2c(O)c(F)sc12. The highest BCUT2D eigenvalue weighted by atomic mass is 32.2. The van der Waals surface area contributed by atoms with Gasteiger partial charge in [0.25, 0.3) is 0 Å². The van der Waals surface area contributed by atoms with Crippen LogP contribution in [0, 0.1) is 5.13 Å². The Morgan fingerprint density at radius 3 is 2.92 bits per heavy atom. The number of benzene rings is 1. The second kappa shape index (κ2) is 3.20. The van der Waals surface area contributed by atoms with E-state index < -0.39 is 5.13 Å². The smallest absolute Gasteiger partial charge is 0.219 e. The average Bonchev–Trinajstić information content (AvgIpc) is 2.43. The van der Waals surface area contributed by atoms with Crippen LogP contribution >= 0.6 is 23.1 Å². The maximum Gasteiger partial charge on any atom is 0.219 e. The first-order valence-corrected chi connectivity index (χ1v) is 5.72. The van der Waals surface area contributed by atoms with E-state index in [-0.39, 0.29) is 5.75 Å². The maximum atomic E-state index is 13.0. The zero-order valence-corrected chi connectivity index (χ0v) is 8.51. The number of aromatic hydroxyl groups is 1. The zero-order chi connectivity index (χ0) is 9.42. The molecule has 0 amide bonds. The molecule has 13 heavy (non-hydrogen) atoms. The summed E-state index contributed by atoms with van der Waals surface area (Å²) in [5, 5.41) is 9.45. The number of fused-ring (bicyclic) bond motifs is 1. The molecule has 4 heteroatoms. The lowest BCUT2D eigenvalue weighted by atomic mass is 10.2. The molecule has 0 aliphatic carbocycles. The summed E-state index contributed by atoms with van der Waals surface area (Å²) in [6.07, 6.45) is 1.93. The molecule has 68 valence electrons. The van der Waals surface area contributed by atoms with Crippen LogP contribution in [0.1, 0.15) is 0 Å². The van der Waals surface area contributed by atoms with Gasteiger partial charge in [0.1, 0.15) is 0 Å². The second-order valence-corrected chi connectivity index (χ2v) is 4.38. The van der Waals surface area contributed by atoms with Crippen molar-refractivity contribution >= 4 is 33.2 Å². The van der Waals surface area contributed by atoms with Crippen molar-refractivity contribution in [1.82, 2.24) is 0 Å². The predicted molar refractivity (Wildman–Crippen MR) is 55.2 cm³/mol. The highest BCUT2D eigenvalue weighted by Gasteiger charge is 2.12. The van der Waals surface area contributed by atoms with Gasteiger partial charge in [0.05, 0.1) is 4.70 Å². The summed E-state index contributed by atoms with van der Waals surface area (Å²) in [5.74, 6) is -0.226. The summed E-state index contributed by atoms with van der Waals surface area (Å²) in [6.45, 7) is 0. The van der Waals surface area contributed by atoms with Gasteiger partial charge < -0.3 is 5.11 Å². The topological polar surface area (TPSA) is 20.2 Å². The average molecular weight is 214 g/mol. The van der Waals surface area contributed by atoms with Crippen molar-refractivity contribution in [3.05, 3.63) is 23.3 Å². The monoisotopic (exact) mass is 214 g/mol. The number of halogens is 1. The quantitative estimate of drug-likeness (QED) is 0.733. The number of hydrogen-bond donors (Lipinski definition) is 1. The van der Waals surface area contributed by atoms with E-state index >= 15 is 0 Å². The van der Waals surface area contributed by atoms with Gasteiger partial charge in [-0.05, 0) is 18.4 Å². The van der Waals surface area contributed by atoms with Crippen LogP contribution < -0.4 is 0 Å². The molecule has 0 spiro atoms. The molecule has 0 aliphatic heterocycles. The van der Waals surface area contributed by atoms with Crippen LogP contribution in [-0.2, 0) is 0 Å². The molecule has 1 N–H and O–H groups in total. The van der Waals surface area contributed by atoms with E-state index in [4.69, 9.17) is 0 Å². The molecule has 1 aromatic carbocycles. The predicted octanol–water partition coefficient (Wildman–Crippen LogP) is 3.47. The lowest BCUT2D eigenvalue weighted by Crippen LogP contribution is -1.69. The normalized spacial score (nSPS) is 10.9. The van der Waals surface area contributed by atoms with Crippen LogP contribution in [0.25, 0.3) is 10.1 Å².